The minimum Gasteiger partial charge on any atom is -0.458 e. The normalized spacial score (nSPS) is 31.2. The summed E-state index contributed by atoms with van der Waals surface area (Å²) in [6, 6.07) is 0. The molecule has 2 heteroatoms. The van der Waals surface area contributed by atoms with Crippen LogP contribution in [0.1, 0.15) is 12.8 Å². The summed E-state index contributed by atoms with van der Waals surface area (Å²) < 4.78 is 11.1. The molecule has 1 spiro atoms. The molecule has 0 aromatic rings. The molecule has 1 saturated heterocycles. The van der Waals surface area contributed by atoms with Gasteiger partial charge in [-0.05, 0) is 30.4 Å². The standard InChI is InChI=1S/C12H10O2/c1-2-3-4-6-11-7-9-12(14-11)8-5-10-13-12/h1,6-7,9H,5,8,10H2/b11-6+. The molecule has 1 atom stereocenters. The van der Waals surface area contributed by atoms with Gasteiger partial charge in [0.05, 0.1) is 6.61 Å². The number of hydrogen-bond donors (Lipinski definition) is 0. The minimum atomic E-state index is -0.510. The molecule has 0 N–H and O–H groups in total. The van der Waals surface area contributed by atoms with Crippen LogP contribution in [0.25, 0.3) is 0 Å². The number of terminal acetylenes is 1. The summed E-state index contributed by atoms with van der Waals surface area (Å²) in [6.07, 6.45) is 12.4. The van der Waals surface area contributed by atoms with Crippen molar-refractivity contribution >= 4 is 0 Å². The first kappa shape index (κ1) is 8.94. The Bertz CT molecular complexity index is 379. The van der Waals surface area contributed by atoms with E-state index < -0.39 is 5.79 Å². The van der Waals surface area contributed by atoms with Gasteiger partial charge in [0.2, 0.25) is 5.79 Å². The lowest BCUT2D eigenvalue weighted by Gasteiger charge is -2.20. The summed E-state index contributed by atoms with van der Waals surface area (Å²) in [5, 5.41) is 0. The molecule has 2 aliphatic heterocycles. The van der Waals surface area contributed by atoms with Crippen LogP contribution in [0.4, 0.5) is 0 Å². The Balaban J connectivity index is 2.06. The Morgan fingerprint density at radius 1 is 1.57 bits per heavy atom. The van der Waals surface area contributed by atoms with Crippen molar-refractivity contribution in [1.82, 2.24) is 0 Å². The number of hydrogen-bond acceptors (Lipinski definition) is 2. The van der Waals surface area contributed by atoms with Crippen molar-refractivity contribution in [3.63, 3.8) is 0 Å². The third-order valence-corrected chi connectivity index (χ3v) is 2.17. The van der Waals surface area contributed by atoms with E-state index in [4.69, 9.17) is 15.9 Å². The van der Waals surface area contributed by atoms with Crippen molar-refractivity contribution in [2.75, 3.05) is 6.61 Å². The number of rotatable bonds is 0. The molecule has 2 heterocycles. The molecule has 2 aliphatic rings. The maximum atomic E-state index is 5.61. The first-order chi connectivity index (χ1) is 6.85. The molecule has 1 unspecified atom stereocenters. The van der Waals surface area contributed by atoms with Crippen LogP contribution in [0.2, 0.25) is 0 Å². The van der Waals surface area contributed by atoms with Gasteiger partial charge >= 0.3 is 0 Å². The molecule has 0 aromatic heterocycles. The molecule has 0 bridgehead atoms. The summed E-state index contributed by atoms with van der Waals surface area (Å²) in [6.45, 7) is 0.758. The number of ether oxygens (including phenoxy) is 2. The van der Waals surface area contributed by atoms with Crippen molar-refractivity contribution in [3.8, 4) is 24.2 Å². The van der Waals surface area contributed by atoms with Crippen molar-refractivity contribution in [2.24, 2.45) is 0 Å². The highest BCUT2D eigenvalue weighted by atomic mass is 16.7. The molecule has 0 radical (unpaired) electrons. The monoisotopic (exact) mass is 186 g/mol. The molecule has 2 nitrogen and oxygen atoms in total. The SMILES string of the molecule is C#CC#C/C=C1\C=CC2(CCCO2)O1. The zero-order valence-corrected chi connectivity index (χ0v) is 7.75. The van der Waals surface area contributed by atoms with Crippen molar-refractivity contribution in [1.29, 1.82) is 0 Å². The first-order valence-electron chi connectivity index (χ1n) is 4.53. The summed E-state index contributed by atoms with van der Waals surface area (Å²) in [7, 11) is 0. The molecule has 14 heavy (non-hydrogen) atoms. The van der Waals surface area contributed by atoms with Crippen LogP contribution in [0.5, 0.6) is 0 Å². The van der Waals surface area contributed by atoms with Gasteiger partial charge in [-0.2, -0.15) is 0 Å². The van der Waals surface area contributed by atoms with Crippen molar-refractivity contribution in [2.45, 2.75) is 18.6 Å². The Hall–Kier alpha value is -1.64. The third kappa shape index (κ3) is 1.66. The smallest absolute Gasteiger partial charge is 0.230 e. The topological polar surface area (TPSA) is 18.5 Å². The molecule has 0 aromatic carbocycles. The maximum Gasteiger partial charge on any atom is 0.230 e. The van der Waals surface area contributed by atoms with Crippen LogP contribution in [0.3, 0.4) is 0 Å². The second-order valence-corrected chi connectivity index (χ2v) is 3.16. The predicted molar refractivity (Wildman–Crippen MR) is 52.8 cm³/mol. The van der Waals surface area contributed by atoms with Gasteiger partial charge in [-0.3, -0.25) is 0 Å². The van der Waals surface area contributed by atoms with Crippen LogP contribution in [0.15, 0.2) is 24.0 Å². The van der Waals surface area contributed by atoms with Gasteiger partial charge < -0.3 is 9.47 Å². The Morgan fingerprint density at radius 2 is 2.50 bits per heavy atom. The molecule has 0 aliphatic carbocycles. The maximum absolute atomic E-state index is 5.61. The first-order valence-corrected chi connectivity index (χ1v) is 4.53. The van der Waals surface area contributed by atoms with E-state index in [2.05, 4.69) is 17.8 Å². The molecular formula is C12H10O2. The van der Waals surface area contributed by atoms with Crippen molar-refractivity contribution < 1.29 is 9.47 Å². The molecule has 70 valence electrons. The lowest BCUT2D eigenvalue weighted by atomic mass is 10.2. The van der Waals surface area contributed by atoms with E-state index in [1.807, 2.05) is 12.2 Å². The molecule has 0 saturated carbocycles. The van der Waals surface area contributed by atoms with Gasteiger partial charge in [0, 0.05) is 12.5 Å². The quantitative estimate of drug-likeness (QED) is 0.535. The van der Waals surface area contributed by atoms with E-state index in [1.54, 1.807) is 6.08 Å². The predicted octanol–water partition coefficient (Wildman–Crippen LogP) is 1.60. The second-order valence-electron chi connectivity index (χ2n) is 3.16. The molecule has 0 amide bonds. The van der Waals surface area contributed by atoms with E-state index in [9.17, 15) is 0 Å². The summed E-state index contributed by atoms with van der Waals surface area (Å²) in [5.74, 6) is 7.65. The van der Waals surface area contributed by atoms with Crippen LogP contribution in [-0.4, -0.2) is 12.4 Å². The van der Waals surface area contributed by atoms with Crippen LogP contribution < -0.4 is 0 Å². The lowest BCUT2D eigenvalue weighted by molar-refractivity contribution is -0.135. The van der Waals surface area contributed by atoms with Crippen LogP contribution >= 0.6 is 0 Å². The summed E-state index contributed by atoms with van der Waals surface area (Å²) in [4.78, 5) is 0. The largest absolute Gasteiger partial charge is 0.458 e. The molecule has 2 rings (SSSR count). The zero-order valence-electron chi connectivity index (χ0n) is 7.75. The van der Waals surface area contributed by atoms with Gasteiger partial charge in [-0.15, -0.1) is 6.42 Å². The average molecular weight is 186 g/mol. The van der Waals surface area contributed by atoms with E-state index in [-0.39, 0.29) is 0 Å². The zero-order chi connectivity index (χ0) is 9.86. The van der Waals surface area contributed by atoms with E-state index in [1.165, 1.54) is 0 Å². The van der Waals surface area contributed by atoms with E-state index >= 15 is 0 Å². The van der Waals surface area contributed by atoms with E-state index in [0.29, 0.717) is 0 Å². The summed E-state index contributed by atoms with van der Waals surface area (Å²) >= 11 is 0. The van der Waals surface area contributed by atoms with Gasteiger partial charge in [-0.1, -0.05) is 5.92 Å². The highest BCUT2D eigenvalue weighted by Gasteiger charge is 2.38. The average Bonchev–Trinajstić information content (AvgIpc) is 2.79. The highest BCUT2D eigenvalue weighted by molar-refractivity contribution is 5.34. The second kappa shape index (κ2) is 3.62. The fourth-order valence-electron chi connectivity index (χ4n) is 1.55. The third-order valence-electron chi connectivity index (χ3n) is 2.17. The Kier molecular flexibility index (Phi) is 2.31. The fraction of sp³-hybridized carbons (Fsp3) is 0.333. The van der Waals surface area contributed by atoms with Gasteiger partial charge in [0.25, 0.3) is 0 Å². The fourth-order valence-corrected chi connectivity index (χ4v) is 1.55. The highest BCUT2D eigenvalue weighted by Crippen LogP contribution is 2.35. The lowest BCUT2D eigenvalue weighted by Crippen LogP contribution is -2.24. The van der Waals surface area contributed by atoms with Crippen molar-refractivity contribution in [3.05, 3.63) is 24.0 Å². The minimum absolute atomic E-state index is 0.510. The van der Waals surface area contributed by atoms with Crippen LogP contribution in [-0.2, 0) is 9.47 Å². The van der Waals surface area contributed by atoms with Gasteiger partial charge in [-0.25, -0.2) is 0 Å². The Morgan fingerprint density at radius 3 is 3.21 bits per heavy atom. The molecule has 1 fully saturated rings. The number of allylic oxidation sites excluding steroid dienone is 2. The Labute approximate surface area is 83.6 Å². The van der Waals surface area contributed by atoms with Gasteiger partial charge in [0.1, 0.15) is 5.76 Å². The summed E-state index contributed by atoms with van der Waals surface area (Å²) in [5.41, 5.74) is 0. The van der Waals surface area contributed by atoms with Gasteiger partial charge in [0.15, 0.2) is 0 Å². The molecular weight excluding hydrogens is 176 g/mol. The van der Waals surface area contributed by atoms with E-state index in [0.717, 1.165) is 25.2 Å². The van der Waals surface area contributed by atoms with Crippen LogP contribution in [0, 0.1) is 24.2 Å².